The minimum absolute atomic E-state index is 0.209. The summed E-state index contributed by atoms with van der Waals surface area (Å²) in [6.45, 7) is 2.77. The molecular weight excluding hydrogens is 334 g/mol. The summed E-state index contributed by atoms with van der Waals surface area (Å²) in [5, 5.41) is 0. The van der Waals surface area contributed by atoms with E-state index in [2.05, 4.69) is 0 Å². The zero-order valence-corrected chi connectivity index (χ0v) is 13.8. The Bertz CT molecular complexity index is 710. The highest BCUT2D eigenvalue weighted by Gasteiger charge is 2.30. The second-order valence-corrected chi connectivity index (χ2v) is 5.75. The van der Waals surface area contributed by atoms with Crippen LogP contribution in [0.25, 0.3) is 0 Å². The van der Waals surface area contributed by atoms with Crippen molar-refractivity contribution in [2.45, 2.75) is 25.9 Å². The predicted molar refractivity (Wildman–Crippen MR) is 87.7 cm³/mol. The lowest BCUT2D eigenvalue weighted by molar-refractivity contribution is -0.137. The molecular formula is C19H19F4NO. The minimum Gasteiger partial charge on any atom is -0.338 e. The molecule has 0 N–H and O–H groups in total. The highest BCUT2D eigenvalue weighted by atomic mass is 19.4. The van der Waals surface area contributed by atoms with Crippen molar-refractivity contribution in [3.05, 3.63) is 71.0 Å². The topological polar surface area (TPSA) is 20.3 Å². The number of hydrogen-bond acceptors (Lipinski definition) is 1. The number of nitrogens with zero attached hydrogens (tertiary/aromatic N) is 1. The molecule has 2 aromatic rings. The summed E-state index contributed by atoms with van der Waals surface area (Å²) in [5.74, 6) is -0.666. The van der Waals surface area contributed by atoms with Crippen molar-refractivity contribution >= 4 is 5.91 Å². The number of carbonyl (C=O) groups excluding carboxylic acids is 1. The van der Waals surface area contributed by atoms with Gasteiger partial charge in [0.05, 0.1) is 5.56 Å². The number of alkyl halides is 3. The first-order valence-electron chi connectivity index (χ1n) is 8.02. The van der Waals surface area contributed by atoms with Crippen LogP contribution in [-0.2, 0) is 12.6 Å². The average molecular weight is 353 g/mol. The number of benzene rings is 2. The summed E-state index contributed by atoms with van der Waals surface area (Å²) in [6.07, 6.45) is -3.23. The summed E-state index contributed by atoms with van der Waals surface area (Å²) in [5.41, 5.74) is 0.188. The molecule has 0 atom stereocenters. The van der Waals surface area contributed by atoms with Gasteiger partial charge in [-0.25, -0.2) is 4.39 Å². The molecule has 0 saturated carbocycles. The van der Waals surface area contributed by atoms with Gasteiger partial charge in [0.2, 0.25) is 0 Å². The Kier molecular flexibility index (Phi) is 6.17. The van der Waals surface area contributed by atoms with Crippen molar-refractivity contribution in [3.63, 3.8) is 0 Å². The van der Waals surface area contributed by atoms with E-state index < -0.39 is 11.7 Å². The number of rotatable bonds is 6. The van der Waals surface area contributed by atoms with Crippen LogP contribution in [0.4, 0.5) is 17.6 Å². The van der Waals surface area contributed by atoms with Crippen LogP contribution < -0.4 is 0 Å². The third kappa shape index (κ3) is 5.31. The van der Waals surface area contributed by atoms with Crippen molar-refractivity contribution in [2.24, 2.45) is 0 Å². The van der Waals surface area contributed by atoms with E-state index in [4.69, 9.17) is 0 Å². The van der Waals surface area contributed by atoms with Gasteiger partial charge < -0.3 is 4.90 Å². The summed E-state index contributed by atoms with van der Waals surface area (Å²) >= 11 is 0. The Morgan fingerprint density at radius 3 is 2.28 bits per heavy atom. The smallest absolute Gasteiger partial charge is 0.338 e. The van der Waals surface area contributed by atoms with Gasteiger partial charge in [0.1, 0.15) is 5.82 Å². The molecule has 0 saturated heterocycles. The Balaban J connectivity index is 2.09. The average Bonchev–Trinajstić information content (AvgIpc) is 2.57. The lowest BCUT2D eigenvalue weighted by Gasteiger charge is -2.22. The molecule has 25 heavy (non-hydrogen) atoms. The van der Waals surface area contributed by atoms with Crippen LogP contribution in [0, 0.1) is 5.82 Å². The number of hydrogen-bond donors (Lipinski definition) is 0. The van der Waals surface area contributed by atoms with Gasteiger partial charge in [-0.05, 0) is 54.8 Å². The molecule has 0 unspecified atom stereocenters. The maximum Gasteiger partial charge on any atom is 0.416 e. The largest absolute Gasteiger partial charge is 0.416 e. The molecule has 2 aromatic carbocycles. The second-order valence-electron chi connectivity index (χ2n) is 5.75. The van der Waals surface area contributed by atoms with Gasteiger partial charge in [0, 0.05) is 18.7 Å². The molecule has 0 aromatic heterocycles. The van der Waals surface area contributed by atoms with E-state index in [9.17, 15) is 22.4 Å². The molecule has 0 radical (unpaired) electrons. The van der Waals surface area contributed by atoms with Crippen LogP contribution in [0.1, 0.15) is 34.8 Å². The minimum atomic E-state index is -4.43. The van der Waals surface area contributed by atoms with Gasteiger partial charge in [-0.1, -0.05) is 19.1 Å². The van der Waals surface area contributed by atoms with E-state index in [0.717, 1.165) is 24.1 Å². The summed E-state index contributed by atoms with van der Waals surface area (Å²) in [7, 11) is 0. The van der Waals surface area contributed by atoms with E-state index in [1.807, 2.05) is 6.92 Å². The fourth-order valence-corrected chi connectivity index (χ4v) is 2.53. The first kappa shape index (κ1) is 19.0. The molecule has 0 aliphatic heterocycles. The van der Waals surface area contributed by atoms with Gasteiger partial charge in [0.25, 0.3) is 5.91 Å². The second kappa shape index (κ2) is 8.14. The summed E-state index contributed by atoms with van der Waals surface area (Å²) in [4.78, 5) is 14.1. The Morgan fingerprint density at radius 2 is 1.72 bits per heavy atom. The lowest BCUT2D eigenvalue weighted by atomic mass is 10.1. The molecule has 0 aliphatic carbocycles. The molecule has 1 amide bonds. The quantitative estimate of drug-likeness (QED) is 0.674. The van der Waals surface area contributed by atoms with Gasteiger partial charge in [-0.2, -0.15) is 13.2 Å². The van der Waals surface area contributed by atoms with E-state index in [1.165, 1.54) is 24.3 Å². The van der Waals surface area contributed by atoms with Gasteiger partial charge in [-0.15, -0.1) is 0 Å². The van der Waals surface area contributed by atoms with Crippen LogP contribution in [0.2, 0.25) is 0 Å². The van der Waals surface area contributed by atoms with Gasteiger partial charge in [0.15, 0.2) is 0 Å². The molecule has 0 spiro atoms. The number of halogens is 4. The van der Waals surface area contributed by atoms with Gasteiger partial charge >= 0.3 is 6.18 Å². The Morgan fingerprint density at radius 1 is 1.04 bits per heavy atom. The molecule has 0 aliphatic rings. The number of carbonyl (C=O) groups is 1. The van der Waals surface area contributed by atoms with Crippen LogP contribution in [0.3, 0.4) is 0 Å². The van der Waals surface area contributed by atoms with E-state index >= 15 is 0 Å². The molecule has 0 heterocycles. The van der Waals surface area contributed by atoms with Crippen LogP contribution >= 0.6 is 0 Å². The van der Waals surface area contributed by atoms with E-state index in [0.29, 0.717) is 19.5 Å². The van der Waals surface area contributed by atoms with Crippen molar-refractivity contribution in [1.82, 2.24) is 4.90 Å². The van der Waals surface area contributed by atoms with Crippen LogP contribution in [0.15, 0.2) is 48.5 Å². The number of amides is 1. The van der Waals surface area contributed by atoms with Gasteiger partial charge in [-0.3, -0.25) is 4.79 Å². The predicted octanol–water partition coefficient (Wildman–Crippen LogP) is 4.94. The van der Waals surface area contributed by atoms with Crippen molar-refractivity contribution < 1.29 is 22.4 Å². The first-order valence-corrected chi connectivity index (χ1v) is 8.02. The lowest BCUT2D eigenvalue weighted by Crippen LogP contribution is -2.33. The first-order chi connectivity index (χ1) is 11.8. The Hall–Kier alpha value is -2.37. The van der Waals surface area contributed by atoms with Crippen LogP contribution in [0.5, 0.6) is 0 Å². The zero-order valence-electron chi connectivity index (χ0n) is 13.8. The monoisotopic (exact) mass is 353 g/mol. The maximum absolute atomic E-state index is 13.2. The molecule has 0 fully saturated rings. The fraction of sp³-hybridized carbons (Fsp3) is 0.316. The Labute approximate surface area is 144 Å². The summed E-state index contributed by atoms with van der Waals surface area (Å²) < 4.78 is 51.1. The van der Waals surface area contributed by atoms with Crippen molar-refractivity contribution in [1.29, 1.82) is 0 Å². The van der Waals surface area contributed by atoms with E-state index in [1.54, 1.807) is 17.0 Å². The molecule has 6 heteroatoms. The maximum atomic E-state index is 13.2. The normalized spacial score (nSPS) is 11.4. The van der Waals surface area contributed by atoms with E-state index in [-0.39, 0.29) is 17.3 Å². The third-order valence-electron chi connectivity index (χ3n) is 3.80. The third-order valence-corrected chi connectivity index (χ3v) is 3.80. The highest BCUT2D eigenvalue weighted by molar-refractivity contribution is 5.94. The summed E-state index contributed by atoms with van der Waals surface area (Å²) in [6, 6.07) is 10.3. The van der Waals surface area contributed by atoms with Crippen molar-refractivity contribution in [3.8, 4) is 0 Å². The highest BCUT2D eigenvalue weighted by Crippen LogP contribution is 2.29. The standard InChI is InChI=1S/C19H19F4NO/c1-2-11-24(12-10-14-4-3-5-17(20)13-14)18(25)15-6-8-16(9-7-15)19(21,22)23/h3-9,13H,2,10-12H2,1H3. The fourth-order valence-electron chi connectivity index (χ4n) is 2.53. The molecule has 134 valence electrons. The molecule has 0 bridgehead atoms. The van der Waals surface area contributed by atoms with Crippen molar-refractivity contribution in [2.75, 3.05) is 13.1 Å². The SMILES string of the molecule is CCCN(CCc1cccc(F)c1)C(=O)c1ccc(C(F)(F)F)cc1. The molecule has 2 rings (SSSR count). The molecule has 2 nitrogen and oxygen atoms in total. The van der Waals surface area contributed by atoms with Crippen LogP contribution in [-0.4, -0.2) is 23.9 Å². The zero-order chi connectivity index (χ0) is 18.4.